The molecule has 162 valence electrons. The first-order valence-corrected chi connectivity index (χ1v) is 10.3. The number of halogens is 2. The zero-order chi connectivity index (χ0) is 22.5. The summed E-state index contributed by atoms with van der Waals surface area (Å²) in [5, 5.41) is 12.4. The smallest absolute Gasteiger partial charge is 0.254 e. The van der Waals surface area contributed by atoms with Crippen molar-refractivity contribution >= 4 is 40.5 Å². The van der Waals surface area contributed by atoms with E-state index in [-0.39, 0.29) is 24.4 Å². The van der Waals surface area contributed by atoms with Gasteiger partial charge in [-0.25, -0.2) is 13.8 Å². The third-order valence-corrected chi connectivity index (χ3v) is 5.51. The van der Waals surface area contributed by atoms with Crippen molar-refractivity contribution in [2.75, 3.05) is 11.9 Å². The minimum atomic E-state index is -0.970. The molecule has 0 atom stereocenters. The third-order valence-electron chi connectivity index (χ3n) is 4.13. The molecular weight excluding hydrogens is 446 g/mol. The Balaban J connectivity index is 1.59. The Bertz CT molecular complexity index is 1200. The monoisotopic (exact) mass is 464 g/mol. The lowest BCUT2D eigenvalue weighted by molar-refractivity contribution is -0.116. The van der Waals surface area contributed by atoms with Gasteiger partial charge in [0, 0.05) is 25.6 Å². The van der Waals surface area contributed by atoms with Crippen molar-refractivity contribution in [2.45, 2.75) is 19.9 Å². The maximum atomic E-state index is 13.6. The Kier molecular flexibility index (Phi) is 7.02. The summed E-state index contributed by atoms with van der Waals surface area (Å²) >= 11 is 6.45. The molecule has 3 N–H and O–H groups in total. The minimum absolute atomic E-state index is 0.0310. The molecule has 0 aliphatic heterocycles. The van der Waals surface area contributed by atoms with Crippen LogP contribution in [0.2, 0.25) is 0 Å². The highest BCUT2D eigenvalue weighted by molar-refractivity contribution is 7.71. The quantitative estimate of drug-likeness (QED) is 0.349. The second-order valence-electron chi connectivity index (χ2n) is 6.36. The number of thiazole rings is 1. The molecule has 3 rings (SSSR count). The average molecular weight is 465 g/mol. The van der Waals surface area contributed by atoms with Crippen LogP contribution in [0.5, 0.6) is 0 Å². The number of H-pyrrole nitrogens is 1. The fraction of sp³-hybridized carbons (Fsp3) is 0.211. The molecule has 0 unspecified atom stereocenters. The molecular formula is C19H18F2N6O2S2. The van der Waals surface area contributed by atoms with Gasteiger partial charge in [0.05, 0.1) is 16.1 Å². The number of aromatic amines is 1. The second-order valence-corrected chi connectivity index (χ2v) is 7.75. The largest absolute Gasteiger partial charge is 0.351 e. The van der Waals surface area contributed by atoms with Gasteiger partial charge in [0.2, 0.25) is 5.91 Å². The molecule has 3 aromatic rings. The molecule has 2 heterocycles. The van der Waals surface area contributed by atoms with E-state index in [0.717, 1.165) is 17.0 Å². The van der Waals surface area contributed by atoms with Crippen LogP contribution < -0.4 is 10.6 Å². The Labute approximate surface area is 185 Å². The summed E-state index contributed by atoms with van der Waals surface area (Å²) in [5.74, 6) is -2.27. The number of allylic oxidation sites excluding steroid dienone is 1. The number of hydrogen-bond acceptors (Lipinski definition) is 6. The Morgan fingerprint density at radius 1 is 1.39 bits per heavy atom. The van der Waals surface area contributed by atoms with Gasteiger partial charge in [0.1, 0.15) is 11.6 Å². The van der Waals surface area contributed by atoms with Crippen molar-refractivity contribution in [1.82, 2.24) is 25.1 Å². The maximum Gasteiger partial charge on any atom is 0.254 e. The van der Waals surface area contributed by atoms with E-state index in [2.05, 4.69) is 32.4 Å². The zero-order valence-corrected chi connectivity index (χ0v) is 18.0. The first kappa shape index (κ1) is 22.4. The van der Waals surface area contributed by atoms with Crippen LogP contribution in [-0.2, 0) is 11.3 Å². The van der Waals surface area contributed by atoms with Gasteiger partial charge < -0.3 is 10.6 Å². The van der Waals surface area contributed by atoms with Crippen LogP contribution >= 0.6 is 23.6 Å². The van der Waals surface area contributed by atoms with Gasteiger partial charge in [-0.15, -0.1) is 6.58 Å². The molecule has 2 amide bonds. The standard InChI is InChI=1S/C19H18F2N6O2S2/c1-3-8-27-16(25-26-19(27)30)15-10(2)23-18(31-15)24-14(28)6-7-22-17(29)12-5-4-11(20)9-13(12)21/h3-5,9H,1,6-8H2,2H3,(H,22,29)(H,26,30)(H,23,24,28). The maximum absolute atomic E-state index is 13.6. The second kappa shape index (κ2) is 9.71. The first-order valence-electron chi connectivity index (χ1n) is 9.07. The number of nitrogens with zero attached hydrogens (tertiary/aromatic N) is 3. The predicted octanol–water partition coefficient (Wildman–Crippen LogP) is 3.60. The van der Waals surface area contributed by atoms with Crippen molar-refractivity contribution in [2.24, 2.45) is 0 Å². The molecule has 2 aromatic heterocycles. The number of rotatable bonds is 8. The number of aromatic nitrogens is 4. The van der Waals surface area contributed by atoms with Gasteiger partial charge in [-0.3, -0.25) is 19.3 Å². The third kappa shape index (κ3) is 5.27. The van der Waals surface area contributed by atoms with E-state index in [9.17, 15) is 18.4 Å². The minimum Gasteiger partial charge on any atom is -0.351 e. The van der Waals surface area contributed by atoms with Crippen molar-refractivity contribution in [3.63, 3.8) is 0 Å². The summed E-state index contributed by atoms with van der Waals surface area (Å²) in [6.45, 7) is 5.93. The van der Waals surface area contributed by atoms with Gasteiger partial charge in [-0.1, -0.05) is 17.4 Å². The molecule has 8 nitrogen and oxygen atoms in total. The first-order chi connectivity index (χ1) is 14.8. The van der Waals surface area contributed by atoms with Crippen LogP contribution in [0, 0.1) is 23.3 Å². The number of carbonyl (C=O) groups is 2. The number of amides is 2. The van der Waals surface area contributed by atoms with Crippen LogP contribution in [0.3, 0.4) is 0 Å². The fourth-order valence-electron chi connectivity index (χ4n) is 2.69. The highest BCUT2D eigenvalue weighted by Crippen LogP contribution is 2.31. The van der Waals surface area contributed by atoms with E-state index in [1.54, 1.807) is 17.6 Å². The van der Waals surface area contributed by atoms with Gasteiger partial charge in [0.25, 0.3) is 5.91 Å². The lowest BCUT2D eigenvalue weighted by Crippen LogP contribution is -2.28. The number of nitrogens with one attached hydrogen (secondary N) is 3. The van der Waals surface area contributed by atoms with E-state index < -0.39 is 17.5 Å². The number of carbonyl (C=O) groups excluding carboxylic acids is 2. The summed E-state index contributed by atoms with van der Waals surface area (Å²) in [4.78, 5) is 29.2. The number of hydrogen-bond donors (Lipinski definition) is 3. The SMILES string of the molecule is C=CCn1c(-c2sc(NC(=O)CCNC(=O)c3ccc(F)cc3F)nc2C)n[nH]c1=S. The molecule has 1 aromatic carbocycles. The molecule has 0 spiro atoms. The van der Waals surface area contributed by atoms with Crippen LogP contribution in [0.1, 0.15) is 22.5 Å². The normalized spacial score (nSPS) is 10.7. The highest BCUT2D eigenvalue weighted by Gasteiger charge is 2.17. The summed E-state index contributed by atoms with van der Waals surface area (Å²) in [5.41, 5.74) is 0.370. The number of benzene rings is 1. The molecule has 0 bridgehead atoms. The summed E-state index contributed by atoms with van der Waals surface area (Å²) < 4.78 is 28.8. The van der Waals surface area contributed by atoms with Gasteiger partial charge in [-0.05, 0) is 31.3 Å². The summed E-state index contributed by atoms with van der Waals surface area (Å²) in [6.07, 6.45) is 1.64. The lowest BCUT2D eigenvalue weighted by Gasteiger charge is -2.06. The van der Waals surface area contributed by atoms with Crippen molar-refractivity contribution in [3.05, 3.63) is 58.5 Å². The zero-order valence-electron chi connectivity index (χ0n) is 16.4. The fourth-order valence-corrected chi connectivity index (χ4v) is 3.87. The molecule has 0 saturated heterocycles. The summed E-state index contributed by atoms with van der Waals surface area (Å²) in [7, 11) is 0. The molecule has 0 aliphatic carbocycles. The van der Waals surface area contributed by atoms with Crippen molar-refractivity contribution in [1.29, 1.82) is 0 Å². The van der Waals surface area contributed by atoms with Crippen LogP contribution in [0.4, 0.5) is 13.9 Å². The van der Waals surface area contributed by atoms with E-state index >= 15 is 0 Å². The highest BCUT2D eigenvalue weighted by atomic mass is 32.1. The van der Waals surface area contributed by atoms with Crippen molar-refractivity contribution < 1.29 is 18.4 Å². The molecule has 0 saturated carbocycles. The predicted molar refractivity (Wildman–Crippen MR) is 115 cm³/mol. The molecule has 12 heteroatoms. The Hall–Kier alpha value is -3.25. The van der Waals surface area contributed by atoms with Gasteiger partial charge >= 0.3 is 0 Å². The Morgan fingerprint density at radius 2 is 2.16 bits per heavy atom. The molecule has 31 heavy (non-hydrogen) atoms. The van der Waals surface area contributed by atoms with E-state index in [0.29, 0.717) is 34.0 Å². The Morgan fingerprint density at radius 3 is 2.87 bits per heavy atom. The van der Waals surface area contributed by atoms with Crippen LogP contribution in [0.15, 0.2) is 30.9 Å². The van der Waals surface area contributed by atoms with Crippen LogP contribution in [-0.4, -0.2) is 38.1 Å². The summed E-state index contributed by atoms with van der Waals surface area (Å²) in [6, 6.07) is 2.65. The van der Waals surface area contributed by atoms with Gasteiger partial charge in [-0.2, -0.15) is 5.10 Å². The van der Waals surface area contributed by atoms with E-state index in [4.69, 9.17) is 12.2 Å². The lowest BCUT2D eigenvalue weighted by atomic mass is 10.2. The molecule has 0 radical (unpaired) electrons. The molecule has 0 aliphatic rings. The number of anilines is 1. The van der Waals surface area contributed by atoms with E-state index in [1.165, 1.54) is 11.3 Å². The van der Waals surface area contributed by atoms with E-state index in [1.807, 2.05) is 0 Å². The topological polar surface area (TPSA) is 105 Å². The van der Waals surface area contributed by atoms with Crippen LogP contribution in [0.25, 0.3) is 10.7 Å². The number of aryl methyl sites for hydroxylation is 1. The molecule has 0 fully saturated rings. The van der Waals surface area contributed by atoms with Gasteiger partial charge in [0.15, 0.2) is 15.7 Å². The average Bonchev–Trinajstić information content (AvgIpc) is 3.24. The van der Waals surface area contributed by atoms with Crippen molar-refractivity contribution in [3.8, 4) is 10.7 Å².